The van der Waals surface area contributed by atoms with Crippen LogP contribution < -0.4 is 9.47 Å². The summed E-state index contributed by atoms with van der Waals surface area (Å²) in [6.07, 6.45) is 0. The summed E-state index contributed by atoms with van der Waals surface area (Å²) in [6.45, 7) is 4.30. The highest BCUT2D eigenvalue weighted by molar-refractivity contribution is 6.31. The molecular formula is C23H23ClN4O2. The van der Waals surface area contributed by atoms with Gasteiger partial charge in [0.05, 0.1) is 42.0 Å². The Bertz CT molecular complexity index is 1200. The molecule has 6 nitrogen and oxygen atoms in total. The monoisotopic (exact) mass is 422 g/mol. The van der Waals surface area contributed by atoms with Crippen molar-refractivity contribution in [2.75, 3.05) is 14.2 Å². The summed E-state index contributed by atoms with van der Waals surface area (Å²) in [4.78, 5) is 0. The van der Waals surface area contributed by atoms with Gasteiger partial charge in [0.1, 0.15) is 18.2 Å². The summed E-state index contributed by atoms with van der Waals surface area (Å²) in [5, 5.41) is 10.1. The molecule has 0 spiro atoms. The van der Waals surface area contributed by atoms with E-state index in [1.54, 1.807) is 14.2 Å². The third kappa shape index (κ3) is 3.78. The number of ether oxygens (including phenoxy) is 2. The molecule has 0 atom stereocenters. The SMILES string of the molecule is COc1cccc(-c2cc(-c3cccc(OC)c3)n(Cn3nc(C)c(Cl)c3C)n2)c1. The normalized spacial score (nSPS) is 11.0. The predicted octanol–water partition coefficient (Wildman–Crippen LogP) is 5.21. The van der Waals surface area contributed by atoms with Gasteiger partial charge in [-0.2, -0.15) is 10.2 Å². The Kier molecular flexibility index (Phi) is 5.50. The van der Waals surface area contributed by atoms with Crippen molar-refractivity contribution in [2.24, 2.45) is 0 Å². The van der Waals surface area contributed by atoms with Crippen LogP contribution in [0.15, 0.2) is 54.6 Å². The first kappa shape index (κ1) is 20.0. The second-order valence-electron chi connectivity index (χ2n) is 7.00. The zero-order valence-corrected chi connectivity index (χ0v) is 18.1. The van der Waals surface area contributed by atoms with Crippen LogP contribution in [0.3, 0.4) is 0 Å². The standard InChI is InChI=1S/C23H23ClN4O2/c1-15-23(24)16(2)27(25-15)14-28-22(18-8-6-10-20(12-18)30-4)13-21(26-28)17-7-5-9-19(11-17)29-3/h5-13H,14H2,1-4H3. The van der Waals surface area contributed by atoms with Crippen molar-refractivity contribution >= 4 is 11.6 Å². The Morgan fingerprint density at radius 3 is 2.07 bits per heavy atom. The van der Waals surface area contributed by atoms with Crippen LogP contribution in [-0.2, 0) is 6.67 Å². The first-order valence-corrected chi connectivity index (χ1v) is 9.94. The highest BCUT2D eigenvalue weighted by atomic mass is 35.5. The molecule has 0 amide bonds. The number of hydrogen-bond donors (Lipinski definition) is 0. The van der Waals surface area contributed by atoms with E-state index in [4.69, 9.17) is 26.2 Å². The van der Waals surface area contributed by atoms with E-state index in [0.717, 1.165) is 45.4 Å². The number of halogens is 1. The van der Waals surface area contributed by atoms with Crippen molar-refractivity contribution in [3.63, 3.8) is 0 Å². The molecule has 2 aromatic carbocycles. The minimum atomic E-state index is 0.440. The zero-order valence-electron chi connectivity index (χ0n) is 17.4. The maximum Gasteiger partial charge on any atom is 0.134 e. The summed E-state index contributed by atoms with van der Waals surface area (Å²) >= 11 is 6.35. The van der Waals surface area contributed by atoms with Gasteiger partial charge in [-0.1, -0.05) is 35.9 Å². The van der Waals surface area contributed by atoms with Crippen molar-refractivity contribution in [2.45, 2.75) is 20.5 Å². The largest absolute Gasteiger partial charge is 0.497 e. The molecule has 0 aliphatic rings. The molecular weight excluding hydrogens is 400 g/mol. The molecule has 0 aliphatic heterocycles. The number of rotatable bonds is 6. The van der Waals surface area contributed by atoms with Gasteiger partial charge in [-0.3, -0.25) is 0 Å². The Morgan fingerprint density at radius 1 is 0.833 bits per heavy atom. The van der Waals surface area contributed by atoms with Crippen LogP contribution in [0.25, 0.3) is 22.5 Å². The Morgan fingerprint density at radius 2 is 1.47 bits per heavy atom. The third-order valence-electron chi connectivity index (χ3n) is 5.07. The molecule has 0 fully saturated rings. The van der Waals surface area contributed by atoms with Crippen LogP contribution in [0, 0.1) is 13.8 Å². The number of benzene rings is 2. The molecule has 0 bridgehead atoms. The molecule has 30 heavy (non-hydrogen) atoms. The molecule has 4 aromatic rings. The van der Waals surface area contributed by atoms with Crippen molar-refractivity contribution < 1.29 is 9.47 Å². The van der Waals surface area contributed by atoms with Crippen molar-refractivity contribution in [3.05, 3.63) is 71.0 Å². The number of aryl methyl sites for hydroxylation is 1. The zero-order chi connectivity index (χ0) is 21.3. The molecule has 0 aliphatic carbocycles. The second-order valence-corrected chi connectivity index (χ2v) is 7.38. The Balaban J connectivity index is 1.83. The van der Waals surface area contributed by atoms with E-state index < -0.39 is 0 Å². The maximum atomic E-state index is 6.35. The maximum absolute atomic E-state index is 6.35. The number of hydrogen-bond acceptors (Lipinski definition) is 4. The summed E-state index contributed by atoms with van der Waals surface area (Å²) < 4.78 is 14.6. The molecule has 0 saturated heterocycles. The minimum Gasteiger partial charge on any atom is -0.497 e. The summed E-state index contributed by atoms with van der Waals surface area (Å²) in [5.74, 6) is 1.58. The van der Waals surface area contributed by atoms with Crippen LogP contribution in [-0.4, -0.2) is 33.8 Å². The van der Waals surface area contributed by atoms with Crippen LogP contribution in [0.1, 0.15) is 11.4 Å². The van der Waals surface area contributed by atoms with Gasteiger partial charge in [0.15, 0.2) is 0 Å². The molecule has 154 valence electrons. The molecule has 0 saturated carbocycles. The fraction of sp³-hybridized carbons (Fsp3) is 0.217. The summed E-state index contributed by atoms with van der Waals surface area (Å²) in [7, 11) is 3.32. The van der Waals surface area contributed by atoms with Crippen LogP contribution in [0.4, 0.5) is 0 Å². The van der Waals surface area contributed by atoms with Crippen molar-refractivity contribution in [3.8, 4) is 34.0 Å². The molecule has 7 heteroatoms. The van der Waals surface area contributed by atoms with Crippen molar-refractivity contribution in [1.82, 2.24) is 19.6 Å². The highest BCUT2D eigenvalue weighted by Gasteiger charge is 2.16. The first-order chi connectivity index (χ1) is 14.5. The fourth-order valence-corrected chi connectivity index (χ4v) is 3.54. The van der Waals surface area contributed by atoms with Gasteiger partial charge in [0.25, 0.3) is 0 Å². The van der Waals surface area contributed by atoms with Gasteiger partial charge in [-0.25, -0.2) is 9.36 Å². The number of aromatic nitrogens is 4. The van der Waals surface area contributed by atoms with Crippen LogP contribution >= 0.6 is 11.6 Å². The van der Waals surface area contributed by atoms with Gasteiger partial charge in [-0.05, 0) is 44.2 Å². The van der Waals surface area contributed by atoms with Crippen molar-refractivity contribution in [1.29, 1.82) is 0 Å². The van der Waals surface area contributed by atoms with Crippen LogP contribution in [0.5, 0.6) is 11.5 Å². The Labute approximate surface area is 180 Å². The van der Waals surface area contributed by atoms with Crippen LogP contribution in [0.2, 0.25) is 5.02 Å². The lowest BCUT2D eigenvalue weighted by Gasteiger charge is -2.10. The molecule has 2 heterocycles. The Hall–Kier alpha value is -3.25. The second kappa shape index (κ2) is 8.24. The van der Waals surface area contributed by atoms with E-state index in [1.165, 1.54) is 0 Å². The average molecular weight is 423 g/mol. The van der Waals surface area contributed by atoms with Gasteiger partial charge >= 0.3 is 0 Å². The summed E-state index contributed by atoms with van der Waals surface area (Å²) in [6, 6.07) is 17.9. The number of nitrogens with zero attached hydrogens (tertiary/aromatic N) is 4. The quantitative estimate of drug-likeness (QED) is 0.428. The molecule has 2 aromatic heterocycles. The van der Waals surface area contributed by atoms with Gasteiger partial charge < -0.3 is 9.47 Å². The number of methoxy groups -OCH3 is 2. The van der Waals surface area contributed by atoms with E-state index >= 15 is 0 Å². The smallest absolute Gasteiger partial charge is 0.134 e. The lowest BCUT2D eigenvalue weighted by Crippen LogP contribution is -2.13. The van der Waals surface area contributed by atoms with Gasteiger partial charge in [0.2, 0.25) is 0 Å². The van der Waals surface area contributed by atoms with Gasteiger partial charge in [0, 0.05) is 11.1 Å². The van der Waals surface area contributed by atoms with E-state index in [1.807, 2.05) is 71.7 Å². The lowest BCUT2D eigenvalue weighted by atomic mass is 10.1. The van der Waals surface area contributed by atoms with E-state index in [9.17, 15) is 0 Å². The minimum absolute atomic E-state index is 0.440. The fourth-order valence-electron chi connectivity index (χ4n) is 3.40. The lowest BCUT2D eigenvalue weighted by molar-refractivity contribution is 0.414. The van der Waals surface area contributed by atoms with E-state index in [2.05, 4.69) is 11.2 Å². The third-order valence-corrected chi connectivity index (χ3v) is 5.62. The first-order valence-electron chi connectivity index (χ1n) is 9.56. The van der Waals surface area contributed by atoms with Gasteiger partial charge in [-0.15, -0.1) is 0 Å². The summed E-state index contributed by atoms with van der Waals surface area (Å²) in [5.41, 5.74) is 5.49. The molecule has 0 radical (unpaired) electrons. The van der Waals surface area contributed by atoms with E-state index in [0.29, 0.717) is 11.7 Å². The molecule has 0 N–H and O–H groups in total. The van der Waals surface area contributed by atoms with E-state index in [-0.39, 0.29) is 0 Å². The molecule has 0 unspecified atom stereocenters. The predicted molar refractivity (Wildman–Crippen MR) is 118 cm³/mol. The molecule has 4 rings (SSSR count). The topological polar surface area (TPSA) is 54.1 Å². The highest BCUT2D eigenvalue weighted by Crippen LogP contribution is 2.30. The average Bonchev–Trinajstić information content (AvgIpc) is 3.31.